The van der Waals surface area contributed by atoms with Crippen LogP contribution in [0.1, 0.15) is 52.8 Å². The molecule has 0 spiro atoms. The smallest absolute Gasteiger partial charge is 0.335 e. The first-order valence-corrected chi connectivity index (χ1v) is 10.1. The standard InChI is InChI=1S/C24H23N3O3/c1-2-3-8-22-25-14-18(13-20-19-6-4-5-7-21(19)26-23(20)28)27(22)15-16-9-11-17(12-10-16)24(29)30/h4-7,9-14H,2-3,8,15H2,1H3,(H,26,28)(H,29,30). The van der Waals surface area contributed by atoms with Crippen LogP contribution < -0.4 is 5.32 Å². The summed E-state index contributed by atoms with van der Waals surface area (Å²) in [6.07, 6.45) is 6.61. The van der Waals surface area contributed by atoms with Gasteiger partial charge in [0, 0.05) is 24.2 Å². The number of nitrogens with one attached hydrogen (secondary N) is 1. The van der Waals surface area contributed by atoms with E-state index < -0.39 is 5.97 Å². The molecule has 0 bridgehead atoms. The second-order valence-electron chi connectivity index (χ2n) is 7.35. The lowest BCUT2D eigenvalue weighted by atomic mass is 10.1. The highest BCUT2D eigenvalue weighted by atomic mass is 16.4. The molecule has 152 valence electrons. The fourth-order valence-electron chi connectivity index (χ4n) is 3.63. The van der Waals surface area contributed by atoms with E-state index in [0.717, 1.165) is 47.6 Å². The Morgan fingerprint density at radius 2 is 1.93 bits per heavy atom. The maximum Gasteiger partial charge on any atom is 0.335 e. The molecule has 0 saturated heterocycles. The van der Waals surface area contributed by atoms with Gasteiger partial charge in [0.1, 0.15) is 5.82 Å². The van der Waals surface area contributed by atoms with Crippen molar-refractivity contribution in [3.8, 4) is 0 Å². The Hall–Kier alpha value is -3.67. The van der Waals surface area contributed by atoms with E-state index in [2.05, 4.69) is 21.8 Å². The third kappa shape index (κ3) is 3.89. The number of aryl methyl sites for hydroxylation is 1. The lowest BCUT2D eigenvalue weighted by Gasteiger charge is -2.11. The van der Waals surface area contributed by atoms with Gasteiger partial charge in [-0.3, -0.25) is 4.79 Å². The summed E-state index contributed by atoms with van der Waals surface area (Å²) in [6, 6.07) is 14.5. The molecule has 6 nitrogen and oxygen atoms in total. The number of carbonyl (C=O) groups is 2. The maximum absolute atomic E-state index is 12.5. The number of carbonyl (C=O) groups excluding carboxylic acids is 1. The van der Waals surface area contributed by atoms with Gasteiger partial charge in [0.25, 0.3) is 5.91 Å². The monoisotopic (exact) mass is 401 g/mol. The van der Waals surface area contributed by atoms with Gasteiger partial charge >= 0.3 is 5.97 Å². The fraction of sp³-hybridized carbons (Fsp3) is 0.208. The molecule has 0 saturated carbocycles. The van der Waals surface area contributed by atoms with Crippen LogP contribution in [-0.2, 0) is 17.8 Å². The van der Waals surface area contributed by atoms with Gasteiger partial charge in [-0.25, -0.2) is 9.78 Å². The molecule has 1 aliphatic heterocycles. The predicted molar refractivity (Wildman–Crippen MR) is 116 cm³/mol. The second-order valence-corrected chi connectivity index (χ2v) is 7.35. The van der Waals surface area contributed by atoms with Gasteiger partial charge in [-0.15, -0.1) is 0 Å². The largest absolute Gasteiger partial charge is 0.478 e. The van der Waals surface area contributed by atoms with Crippen LogP contribution in [0.4, 0.5) is 5.69 Å². The van der Waals surface area contributed by atoms with E-state index in [1.54, 1.807) is 18.3 Å². The predicted octanol–water partition coefficient (Wildman–Crippen LogP) is 4.46. The fourth-order valence-corrected chi connectivity index (χ4v) is 3.63. The van der Waals surface area contributed by atoms with Gasteiger partial charge in [0.05, 0.1) is 23.0 Å². The number of benzene rings is 2. The van der Waals surface area contributed by atoms with E-state index in [4.69, 9.17) is 5.11 Å². The van der Waals surface area contributed by atoms with Crippen molar-refractivity contribution in [2.24, 2.45) is 0 Å². The van der Waals surface area contributed by atoms with Crippen LogP contribution in [0.2, 0.25) is 0 Å². The number of unbranched alkanes of at least 4 members (excludes halogenated alkanes) is 1. The summed E-state index contributed by atoms with van der Waals surface area (Å²) < 4.78 is 2.10. The molecule has 0 fully saturated rings. The second kappa shape index (κ2) is 8.37. The Kier molecular flexibility index (Phi) is 5.48. The number of anilines is 1. The van der Waals surface area contributed by atoms with Crippen molar-refractivity contribution in [2.75, 3.05) is 5.32 Å². The number of nitrogens with zero attached hydrogens (tertiary/aromatic N) is 2. The molecule has 1 aromatic heterocycles. The highest BCUT2D eigenvalue weighted by molar-refractivity contribution is 6.34. The summed E-state index contributed by atoms with van der Waals surface area (Å²) in [5.41, 5.74) is 4.41. The van der Waals surface area contributed by atoms with Crippen molar-refractivity contribution in [3.05, 3.63) is 82.9 Å². The number of amides is 1. The Balaban J connectivity index is 1.71. The van der Waals surface area contributed by atoms with Crippen molar-refractivity contribution in [2.45, 2.75) is 32.7 Å². The number of hydrogen-bond donors (Lipinski definition) is 2. The van der Waals surface area contributed by atoms with Crippen LogP contribution in [0, 0.1) is 0 Å². The molecule has 2 heterocycles. The van der Waals surface area contributed by atoms with Crippen LogP contribution in [-0.4, -0.2) is 26.5 Å². The number of carboxylic acids is 1. The van der Waals surface area contributed by atoms with Gasteiger partial charge in [-0.2, -0.15) is 0 Å². The normalized spacial score (nSPS) is 14.0. The average molecular weight is 401 g/mol. The number of fused-ring (bicyclic) bond motifs is 1. The zero-order valence-electron chi connectivity index (χ0n) is 16.8. The number of aromatic carboxylic acids is 1. The van der Waals surface area contributed by atoms with Gasteiger partial charge in [-0.1, -0.05) is 43.7 Å². The minimum Gasteiger partial charge on any atom is -0.478 e. The molecule has 0 radical (unpaired) electrons. The highest BCUT2D eigenvalue weighted by Crippen LogP contribution is 2.33. The van der Waals surface area contributed by atoms with E-state index in [0.29, 0.717) is 12.1 Å². The summed E-state index contributed by atoms with van der Waals surface area (Å²) in [5.74, 6) is -0.105. The molecule has 0 aliphatic carbocycles. The Labute approximate surface area is 174 Å². The Bertz CT molecular complexity index is 1130. The van der Waals surface area contributed by atoms with Gasteiger partial charge in [0.2, 0.25) is 0 Å². The molecule has 1 aliphatic rings. The number of rotatable bonds is 7. The Morgan fingerprint density at radius 1 is 1.17 bits per heavy atom. The van der Waals surface area contributed by atoms with Crippen LogP contribution in [0.15, 0.2) is 54.7 Å². The number of carboxylic acid groups (broad SMARTS) is 1. The molecule has 0 atom stereocenters. The number of para-hydroxylation sites is 1. The summed E-state index contributed by atoms with van der Waals surface area (Å²) >= 11 is 0. The molecule has 1 amide bonds. The molecule has 2 N–H and O–H groups in total. The third-order valence-electron chi connectivity index (χ3n) is 5.27. The van der Waals surface area contributed by atoms with Crippen molar-refractivity contribution in [1.29, 1.82) is 0 Å². The summed E-state index contributed by atoms with van der Waals surface area (Å²) in [6.45, 7) is 2.70. The van der Waals surface area contributed by atoms with Crippen LogP contribution >= 0.6 is 0 Å². The van der Waals surface area contributed by atoms with Gasteiger partial charge in [0.15, 0.2) is 0 Å². The number of aromatic nitrogens is 2. The van der Waals surface area contributed by atoms with Crippen molar-refractivity contribution >= 4 is 29.2 Å². The Morgan fingerprint density at radius 3 is 2.67 bits per heavy atom. The average Bonchev–Trinajstić information content (AvgIpc) is 3.27. The van der Waals surface area contributed by atoms with Crippen molar-refractivity contribution in [3.63, 3.8) is 0 Å². The van der Waals surface area contributed by atoms with E-state index in [-0.39, 0.29) is 11.5 Å². The molecule has 3 aromatic rings. The minimum atomic E-state index is -0.941. The molecule has 4 rings (SSSR count). The summed E-state index contributed by atoms with van der Waals surface area (Å²) in [5, 5.41) is 12.0. The first-order valence-electron chi connectivity index (χ1n) is 10.1. The first-order chi connectivity index (χ1) is 14.6. The van der Waals surface area contributed by atoms with Gasteiger partial charge < -0.3 is 15.0 Å². The van der Waals surface area contributed by atoms with Crippen LogP contribution in [0.25, 0.3) is 11.6 Å². The highest BCUT2D eigenvalue weighted by Gasteiger charge is 2.24. The molecule has 30 heavy (non-hydrogen) atoms. The van der Waals surface area contributed by atoms with E-state index >= 15 is 0 Å². The SMILES string of the molecule is CCCCc1ncc(C=C2C(=O)Nc3ccccc32)n1Cc1ccc(C(=O)O)cc1. The molecule has 2 aromatic carbocycles. The number of imidazole rings is 1. The molecular formula is C24H23N3O3. The molecule has 6 heteroatoms. The van der Waals surface area contributed by atoms with Gasteiger partial charge in [-0.05, 0) is 36.3 Å². The quantitative estimate of drug-likeness (QED) is 0.572. The molecule has 0 unspecified atom stereocenters. The van der Waals surface area contributed by atoms with E-state index in [1.165, 1.54) is 0 Å². The number of hydrogen-bond acceptors (Lipinski definition) is 3. The van der Waals surface area contributed by atoms with E-state index in [9.17, 15) is 9.59 Å². The van der Waals surface area contributed by atoms with Crippen LogP contribution in [0.3, 0.4) is 0 Å². The van der Waals surface area contributed by atoms with Crippen LogP contribution in [0.5, 0.6) is 0 Å². The van der Waals surface area contributed by atoms with Crippen molar-refractivity contribution < 1.29 is 14.7 Å². The first kappa shape index (κ1) is 19.6. The summed E-state index contributed by atoms with van der Waals surface area (Å²) in [7, 11) is 0. The lowest BCUT2D eigenvalue weighted by Crippen LogP contribution is -2.09. The maximum atomic E-state index is 12.5. The zero-order chi connectivity index (χ0) is 21.1. The summed E-state index contributed by atoms with van der Waals surface area (Å²) in [4.78, 5) is 28.3. The lowest BCUT2D eigenvalue weighted by molar-refractivity contribution is -0.110. The van der Waals surface area contributed by atoms with E-state index in [1.807, 2.05) is 42.5 Å². The zero-order valence-corrected chi connectivity index (χ0v) is 16.8. The van der Waals surface area contributed by atoms with Crippen molar-refractivity contribution in [1.82, 2.24) is 9.55 Å². The third-order valence-corrected chi connectivity index (χ3v) is 5.27. The topological polar surface area (TPSA) is 84.2 Å². The minimum absolute atomic E-state index is 0.120. The molecular weight excluding hydrogens is 378 g/mol.